The van der Waals surface area contributed by atoms with E-state index in [4.69, 9.17) is 4.42 Å². The predicted octanol–water partition coefficient (Wildman–Crippen LogP) is 3.40. The van der Waals surface area contributed by atoms with Crippen LogP contribution in [0.5, 0.6) is 0 Å². The summed E-state index contributed by atoms with van der Waals surface area (Å²) in [7, 11) is 0. The number of fused-ring (bicyclic) bond motifs is 1. The maximum absolute atomic E-state index is 12.9. The Morgan fingerprint density at radius 1 is 1.04 bits per heavy atom. The Labute approximate surface area is 138 Å². The minimum absolute atomic E-state index is 0.237. The first-order valence-corrected chi connectivity index (χ1v) is 7.75. The maximum atomic E-state index is 12.9. The van der Waals surface area contributed by atoms with E-state index in [1.807, 2.05) is 54.6 Å². The van der Waals surface area contributed by atoms with Crippen molar-refractivity contribution in [1.82, 2.24) is 10.2 Å². The largest absolute Gasteiger partial charge is 0.458 e. The number of para-hydroxylation sites is 1. The molecule has 1 N–H and O–H groups in total. The molecule has 0 saturated carbocycles. The highest BCUT2D eigenvalue weighted by atomic mass is 16.3. The van der Waals surface area contributed by atoms with Gasteiger partial charge in [0.15, 0.2) is 5.54 Å². The third-order valence-corrected chi connectivity index (χ3v) is 4.38. The molecule has 0 spiro atoms. The molecule has 0 unspecified atom stereocenters. The van der Waals surface area contributed by atoms with Crippen LogP contribution in [0.2, 0.25) is 0 Å². The van der Waals surface area contributed by atoms with Gasteiger partial charge < -0.3 is 9.73 Å². The minimum atomic E-state index is -1.19. The van der Waals surface area contributed by atoms with Gasteiger partial charge in [-0.2, -0.15) is 0 Å². The van der Waals surface area contributed by atoms with Crippen molar-refractivity contribution in [2.24, 2.45) is 0 Å². The summed E-state index contributed by atoms with van der Waals surface area (Å²) >= 11 is 0. The SMILES string of the molecule is C[C@@]1(c2cc3ccccc3o2)NC(=O)N(Cc2ccccc2)C1=O. The van der Waals surface area contributed by atoms with Crippen molar-refractivity contribution in [3.63, 3.8) is 0 Å². The Bertz CT molecular complexity index is 899. The van der Waals surface area contributed by atoms with Crippen molar-refractivity contribution < 1.29 is 14.0 Å². The molecule has 1 aliphatic rings. The molecule has 1 aromatic heterocycles. The highest BCUT2D eigenvalue weighted by Crippen LogP contribution is 2.33. The fraction of sp³-hybridized carbons (Fsp3) is 0.158. The van der Waals surface area contributed by atoms with E-state index >= 15 is 0 Å². The topological polar surface area (TPSA) is 62.6 Å². The van der Waals surface area contributed by atoms with Gasteiger partial charge in [-0.25, -0.2) is 4.79 Å². The van der Waals surface area contributed by atoms with E-state index in [1.54, 1.807) is 13.0 Å². The number of furan rings is 1. The predicted molar refractivity (Wildman–Crippen MR) is 89.1 cm³/mol. The third-order valence-electron chi connectivity index (χ3n) is 4.38. The molecule has 0 aliphatic carbocycles. The molecule has 1 aliphatic heterocycles. The monoisotopic (exact) mass is 320 g/mol. The standard InChI is InChI=1S/C19H16N2O3/c1-19(16-11-14-9-5-6-10-15(14)24-16)17(22)21(18(23)20-19)12-13-7-3-2-4-8-13/h2-11H,12H2,1H3,(H,20,23)/t19-/m0/s1. The molecule has 1 saturated heterocycles. The molecule has 5 nitrogen and oxygen atoms in total. The Hall–Kier alpha value is -3.08. The van der Waals surface area contributed by atoms with Gasteiger partial charge in [-0.3, -0.25) is 9.69 Å². The van der Waals surface area contributed by atoms with Crippen molar-refractivity contribution in [1.29, 1.82) is 0 Å². The Morgan fingerprint density at radius 2 is 1.75 bits per heavy atom. The highest BCUT2D eigenvalue weighted by molar-refractivity contribution is 6.07. The summed E-state index contributed by atoms with van der Waals surface area (Å²) in [6, 6.07) is 18.3. The summed E-state index contributed by atoms with van der Waals surface area (Å²) in [6.45, 7) is 1.91. The molecule has 1 fully saturated rings. The lowest BCUT2D eigenvalue weighted by atomic mass is 9.98. The van der Waals surface area contributed by atoms with Crippen LogP contribution in [0.25, 0.3) is 11.0 Å². The number of urea groups is 1. The molecule has 4 rings (SSSR count). The number of nitrogens with one attached hydrogen (secondary N) is 1. The average molecular weight is 320 g/mol. The van der Waals surface area contributed by atoms with Gasteiger partial charge in [-0.1, -0.05) is 48.5 Å². The van der Waals surface area contributed by atoms with Gasteiger partial charge in [0, 0.05) is 5.39 Å². The number of benzene rings is 2. The highest BCUT2D eigenvalue weighted by Gasteiger charge is 2.51. The van der Waals surface area contributed by atoms with E-state index in [2.05, 4.69) is 5.32 Å². The molecule has 120 valence electrons. The average Bonchev–Trinajstić information content (AvgIpc) is 3.12. The first-order chi connectivity index (χ1) is 11.6. The van der Waals surface area contributed by atoms with Crippen LogP contribution < -0.4 is 5.32 Å². The molecule has 0 radical (unpaired) electrons. The lowest BCUT2D eigenvalue weighted by molar-refractivity contribution is -0.132. The van der Waals surface area contributed by atoms with Crippen LogP contribution in [0.15, 0.2) is 65.1 Å². The molecule has 3 amide bonds. The quantitative estimate of drug-likeness (QED) is 0.752. The van der Waals surface area contributed by atoms with E-state index in [-0.39, 0.29) is 12.5 Å². The summed E-state index contributed by atoms with van der Waals surface area (Å²) in [5.74, 6) is 0.132. The van der Waals surface area contributed by atoms with E-state index in [1.165, 1.54) is 4.90 Å². The van der Waals surface area contributed by atoms with Gasteiger partial charge in [0.1, 0.15) is 11.3 Å². The molecule has 24 heavy (non-hydrogen) atoms. The molecule has 2 heterocycles. The van der Waals surface area contributed by atoms with Crippen molar-refractivity contribution in [2.75, 3.05) is 0 Å². The zero-order chi connectivity index (χ0) is 16.7. The van der Waals surface area contributed by atoms with Crippen molar-refractivity contribution in [3.8, 4) is 0 Å². The molecular formula is C19H16N2O3. The second-order valence-corrected chi connectivity index (χ2v) is 6.08. The molecule has 3 aromatic rings. The number of hydrogen-bond donors (Lipinski definition) is 1. The number of hydrogen-bond acceptors (Lipinski definition) is 3. The molecule has 2 aromatic carbocycles. The summed E-state index contributed by atoms with van der Waals surface area (Å²) in [5, 5.41) is 3.67. The van der Waals surface area contributed by atoms with Gasteiger partial charge in [-0.15, -0.1) is 0 Å². The van der Waals surface area contributed by atoms with Gasteiger partial charge in [-0.05, 0) is 24.6 Å². The van der Waals surface area contributed by atoms with Crippen molar-refractivity contribution in [2.45, 2.75) is 19.0 Å². The molecular weight excluding hydrogens is 304 g/mol. The molecule has 5 heteroatoms. The number of carbonyl (C=O) groups excluding carboxylic acids is 2. The van der Waals surface area contributed by atoms with E-state index in [0.717, 1.165) is 10.9 Å². The van der Waals surface area contributed by atoms with Crippen LogP contribution in [-0.4, -0.2) is 16.8 Å². The zero-order valence-electron chi connectivity index (χ0n) is 13.2. The van der Waals surface area contributed by atoms with Crippen LogP contribution in [0.1, 0.15) is 18.2 Å². The van der Waals surface area contributed by atoms with E-state index in [0.29, 0.717) is 11.3 Å². The Morgan fingerprint density at radius 3 is 2.50 bits per heavy atom. The van der Waals surface area contributed by atoms with Gasteiger partial charge in [0.2, 0.25) is 0 Å². The molecule has 0 bridgehead atoms. The normalized spacial score (nSPS) is 20.6. The van der Waals surface area contributed by atoms with Gasteiger partial charge >= 0.3 is 6.03 Å². The number of amides is 3. The fourth-order valence-electron chi connectivity index (χ4n) is 3.00. The number of rotatable bonds is 3. The smallest absolute Gasteiger partial charge is 0.325 e. The summed E-state index contributed by atoms with van der Waals surface area (Å²) < 4.78 is 5.81. The second kappa shape index (κ2) is 5.23. The lowest BCUT2D eigenvalue weighted by Crippen LogP contribution is -2.40. The summed E-state index contributed by atoms with van der Waals surface area (Å²) in [5.41, 5.74) is 0.400. The number of carbonyl (C=O) groups is 2. The van der Waals surface area contributed by atoms with Crippen LogP contribution >= 0.6 is 0 Å². The molecule has 1 atom stereocenters. The van der Waals surface area contributed by atoms with E-state index in [9.17, 15) is 9.59 Å². The van der Waals surface area contributed by atoms with Crippen LogP contribution in [0, 0.1) is 0 Å². The van der Waals surface area contributed by atoms with E-state index < -0.39 is 11.6 Å². The van der Waals surface area contributed by atoms with Gasteiger partial charge in [0.05, 0.1) is 6.54 Å². The summed E-state index contributed by atoms with van der Waals surface area (Å²) in [4.78, 5) is 26.5. The lowest BCUT2D eigenvalue weighted by Gasteiger charge is -2.19. The fourth-order valence-corrected chi connectivity index (χ4v) is 3.00. The Kier molecular flexibility index (Phi) is 3.16. The van der Waals surface area contributed by atoms with Crippen LogP contribution in [0.4, 0.5) is 4.79 Å². The van der Waals surface area contributed by atoms with Gasteiger partial charge in [0.25, 0.3) is 5.91 Å². The third kappa shape index (κ3) is 2.17. The Balaban J connectivity index is 1.68. The maximum Gasteiger partial charge on any atom is 0.325 e. The number of nitrogens with zero attached hydrogens (tertiary/aromatic N) is 1. The van der Waals surface area contributed by atoms with Crippen LogP contribution in [0.3, 0.4) is 0 Å². The number of imide groups is 1. The minimum Gasteiger partial charge on any atom is -0.458 e. The van der Waals surface area contributed by atoms with Crippen molar-refractivity contribution in [3.05, 3.63) is 72.0 Å². The first kappa shape index (κ1) is 14.5. The van der Waals surface area contributed by atoms with Crippen molar-refractivity contribution >= 4 is 22.9 Å². The first-order valence-electron chi connectivity index (χ1n) is 7.75. The summed E-state index contributed by atoms with van der Waals surface area (Å²) in [6.07, 6.45) is 0. The zero-order valence-corrected chi connectivity index (χ0v) is 13.2. The van der Waals surface area contributed by atoms with Crippen LogP contribution in [-0.2, 0) is 16.9 Å². The second-order valence-electron chi connectivity index (χ2n) is 6.08.